The van der Waals surface area contributed by atoms with Crippen LogP contribution in [-0.2, 0) is 10.0 Å². The Labute approximate surface area is 119 Å². The molecular weight excluding hydrogens is 280 g/mol. The minimum atomic E-state index is -3.14. The number of anilines is 1. The van der Waals surface area contributed by atoms with Crippen LogP contribution in [0.5, 0.6) is 0 Å². The van der Waals surface area contributed by atoms with Gasteiger partial charge in [-0.05, 0) is 36.5 Å². The van der Waals surface area contributed by atoms with Gasteiger partial charge in [0.15, 0.2) is 0 Å². The van der Waals surface area contributed by atoms with E-state index in [-0.39, 0.29) is 5.75 Å². The first-order valence-electron chi connectivity index (χ1n) is 6.42. The third-order valence-corrected chi connectivity index (χ3v) is 5.92. The van der Waals surface area contributed by atoms with Gasteiger partial charge in [0.2, 0.25) is 10.0 Å². The van der Waals surface area contributed by atoms with Crippen molar-refractivity contribution in [2.75, 3.05) is 23.8 Å². The Morgan fingerprint density at radius 1 is 1.47 bits per heavy atom. The molecular formula is C13H20N2O2S2. The molecule has 0 aliphatic heterocycles. The molecule has 1 aromatic rings. The Kier molecular flexibility index (Phi) is 4.76. The van der Waals surface area contributed by atoms with Crippen LogP contribution < -0.4 is 10.5 Å². The van der Waals surface area contributed by atoms with Crippen molar-refractivity contribution in [1.29, 1.82) is 0 Å². The van der Waals surface area contributed by atoms with Crippen molar-refractivity contribution in [3.05, 3.63) is 24.3 Å². The summed E-state index contributed by atoms with van der Waals surface area (Å²) in [6.45, 7) is 2.74. The number of hydrogen-bond donors (Lipinski definition) is 2. The molecule has 0 radical (unpaired) electrons. The standard InChI is InChI=1S/C13H20N2O2S2/c1-10-7-11(10)9-15-19(16,17)6-5-18-13-4-2-3-12(14)8-13/h2-4,8,10-11,15H,5-7,9,14H2,1H3. The summed E-state index contributed by atoms with van der Waals surface area (Å²) < 4.78 is 26.2. The Balaban J connectivity index is 1.72. The lowest BCUT2D eigenvalue weighted by Crippen LogP contribution is -2.29. The highest BCUT2D eigenvalue weighted by molar-refractivity contribution is 8.00. The molecule has 1 aliphatic carbocycles. The topological polar surface area (TPSA) is 72.2 Å². The van der Waals surface area contributed by atoms with Gasteiger partial charge in [-0.15, -0.1) is 11.8 Å². The monoisotopic (exact) mass is 300 g/mol. The summed E-state index contributed by atoms with van der Waals surface area (Å²) >= 11 is 1.51. The number of rotatable bonds is 7. The van der Waals surface area contributed by atoms with Gasteiger partial charge in [0.25, 0.3) is 0 Å². The predicted octanol–water partition coefficient (Wildman–Crippen LogP) is 1.94. The Morgan fingerprint density at radius 3 is 2.84 bits per heavy atom. The fourth-order valence-corrected chi connectivity index (χ4v) is 4.32. The van der Waals surface area contributed by atoms with Crippen molar-refractivity contribution < 1.29 is 8.42 Å². The molecule has 0 aromatic heterocycles. The second-order valence-electron chi connectivity index (χ2n) is 5.06. The van der Waals surface area contributed by atoms with Crippen LogP contribution in [0.3, 0.4) is 0 Å². The molecule has 0 amide bonds. The predicted molar refractivity (Wildman–Crippen MR) is 80.6 cm³/mol. The number of nitrogens with one attached hydrogen (secondary N) is 1. The molecule has 2 unspecified atom stereocenters. The zero-order valence-electron chi connectivity index (χ0n) is 11.0. The van der Waals surface area contributed by atoms with Crippen molar-refractivity contribution >= 4 is 27.5 Å². The molecule has 106 valence electrons. The van der Waals surface area contributed by atoms with E-state index < -0.39 is 10.0 Å². The van der Waals surface area contributed by atoms with E-state index in [2.05, 4.69) is 11.6 Å². The molecule has 2 atom stereocenters. The number of thioether (sulfide) groups is 1. The highest BCUT2D eigenvalue weighted by atomic mass is 32.2. The van der Waals surface area contributed by atoms with Crippen molar-refractivity contribution in [1.82, 2.24) is 4.72 Å². The van der Waals surface area contributed by atoms with Crippen molar-refractivity contribution in [3.8, 4) is 0 Å². The van der Waals surface area contributed by atoms with Gasteiger partial charge < -0.3 is 5.73 Å². The molecule has 1 aromatic carbocycles. The van der Waals surface area contributed by atoms with E-state index in [0.29, 0.717) is 29.8 Å². The number of sulfonamides is 1. The molecule has 1 fully saturated rings. The van der Waals surface area contributed by atoms with Crippen molar-refractivity contribution in [3.63, 3.8) is 0 Å². The van der Waals surface area contributed by atoms with Gasteiger partial charge >= 0.3 is 0 Å². The van der Waals surface area contributed by atoms with Crippen LogP contribution in [0.4, 0.5) is 5.69 Å². The largest absolute Gasteiger partial charge is 0.399 e. The number of nitrogen functional groups attached to an aromatic ring is 1. The first-order valence-corrected chi connectivity index (χ1v) is 9.06. The van der Waals surface area contributed by atoms with Gasteiger partial charge in [-0.1, -0.05) is 13.0 Å². The molecule has 4 nitrogen and oxygen atoms in total. The smallest absolute Gasteiger partial charge is 0.212 e. The van der Waals surface area contributed by atoms with E-state index >= 15 is 0 Å². The summed E-state index contributed by atoms with van der Waals surface area (Å²) in [7, 11) is -3.14. The summed E-state index contributed by atoms with van der Waals surface area (Å²) in [4.78, 5) is 1.01. The number of benzene rings is 1. The molecule has 1 saturated carbocycles. The summed E-state index contributed by atoms with van der Waals surface area (Å²) in [6, 6.07) is 7.49. The Morgan fingerprint density at radius 2 is 2.21 bits per heavy atom. The lowest BCUT2D eigenvalue weighted by molar-refractivity contribution is 0.576. The normalized spacial score (nSPS) is 22.4. The average Bonchev–Trinajstić information content (AvgIpc) is 3.03. The van der Waals surface area contributed by atoms with Gasteiger partial charge in [-0.2, -0.15) is 0 Å². The van der Waals surface area contributed by atoms with Crippen LogP contribution in [0.25, 0.3) is 0 Å². The van der Waals surface area contributed by atoms with E-state index in [0.717, 1.165) is 11.3 Å². The van der Waals surface area contributed by atoms with Crippen LogP contribution in [0.15, 0.2) is 29.2 Å². The van der Waals surface area contributed by atoms with Gasteiger partial charge in [-0.3, -0.25) is 0 Å². The highest BCUT2D eigenvalue weighted by Crippen LogP contribution is 2.36. The molecule has 6 heteroatoms. The SMILES string of the molecule is CC1CC1CNS(=O)(=O)CCSc1cccc(N)c1. The Bertz CT molecular complexity index is 531. The summed E-state index contributed by atoms with van der Waals surface area (Å²) in [5, 5.41) is 0. The van der Waals surface area contributed by atoms with Crippen LogP contribution in [0.1, 0.15) is 13.3 Å². The molecule has 1 aliphatic rings. The lowest BCUT2D eigenvalue weighted by atomic mass is 10.3. The molecule has 19 heavy (non-hydrogen) atoms. The van der Waals surface area contributed by atoms with E-state index in [1.807, 2.05) is 24.3 Å². The number of hydrogen-bond acceptors (Lipinski definition) is 4. The van der Waals surface area contributed by atoms with Gasteiger partial charge in [-0.25, -0.2) is 13.1 Å². The van der Waals surface area contributed by atoms with E-state index in [9.17, 15) is 8.42 Å². The minimum absolute atomic E-state index is 0.146. The van der Waals surface area contributed by atoms with Crippen LogP contribution >= 0.6 is 11.8 Å². The summed E-state index contributed by atoms with van der Waals surface area (Å²) in [6.07, 6.45) is 1.14. The molecule has 0 heterocycles. The van der Waals surface area contributed by atoms with Crippen molar-refractivity contribution in [2.45, 2.75) is 18.2 Å². The molecule has 0 saturated heterocycles. The maximum atomic E-state index is 11.8. The van der Waals surface area contributed by atoms with Gasteiger partial charge in [0.1, 0.15) is 0 Å². The highest BCUT2D eigenvalue weighted by Gasteiger charge is 2.32. The summed E-state index contributed by atoms with van der Waals surface area (Å²) in [5.41, 5.74) is 6.38. The second kappa shape index (κ2) is 6.15. The number of nitrogens with two attached hydrogens (primary N) is 1. The molecule has 0 spiro atoms. The average molecular weight is 300 g/mol. The van der Waals surface area contributed by atoms with Crippen LogP contribution in [-0.4, -0.2) is 26.5 Å². The van der Waals surface area contributed by atoms with Gasteiger partial charge in [0.05, 0.1) is 5.75 Å². The Hall–Kier alpha value is -0.720. The van der Waals surface area contributed by atoms with Gasteiger partial charge in [0, 0.05) is 22.9 Å². The third-order valence-electron chi connectivity index (χ3n) is 3.32. The summed E-state index contributed by atoms with van der Waals surface area (Å²) in [5.74, 6) is 1.90. The molecule has 2 rings (SSSR count). The zero-order chi connectivity index (χ0) is 13.9. The second-order valence-corrected chi connectivity index (χ2v) is 8.16. The van der Waals surface area contributed by atoms with E-state index in [1.54, 1.807) is 0 Å². The van der Waals surface area contributed by atoms with E-state index in [4.69, 9.17) is 5.73 Å². The first kappa shape index (κ1) is 14.7. The lowest BCUT2D eigenvalue weighted by Gasteiger charge is -2.06. The maximum absolute atomic E-state index is 11.8. The minimum Gasteiger partial charge on any atom is -0.399 e. The molecule has 3 N–H and O–H groups in total. The van der Waals surface area contributed by atoms with Crippen LogP contribution in [0, 0.1) is 11.8 Å². The van der Waals surface area contributed by atoms with E-state index in [1.165, 1.54) is 11.8 Å². The third kappa shape index (κ3) is 5.04. The van der Waals surface area contributed by atoms with Crippen molar-refractivity contribution in [2.24, 2.45) is 11.8 Å². The van der Waals surface area contributed by atoms with Crippen LogP contribution in [0.2, 0.25) is 0 Å². The fraction of sp³-hybridized carbons (Fsp3) is 0.538. The quantitative estimate of drug-likeness (QED) is 0.596. The maximum Gasteiger partial charge on any atom is 0.212 e. The first-order chi connectivity index (χ1) is 8.96. The fourth-order valence-electron chi connectivity index (χ4n) is 1.86. The molecule has 0 bridgehead atoms. The zero-order valence-corrected chi connectivity index (χ0v) is 12.6.